The fourth-order valence-corrected chi connectivity index (χ4v) is 1.25. The Bertz CT molecular complexity index is 357. The van der Waals surface area contributed by atoms with E-state index in [1.165, 1.54) is 5.56 Å². The summed E-state index contributed by atoms with van der Waals surface area (Å²) in [7, 11) is 0. The van der Waals surface area contributed by atoms with Gasteiger partial charge in [0.05, 0.1) is 13.2 Å². The number of rotatable bonds is 7. The average molecular weight is 234 g/mol. The highest BCUT2D eigenvalue weighted by atomic mass is 16.6. The van der Waals surface area contributed by atoms with E-state index >= 15 is 0 Å². The van der Waals surface area contributed by atoms with Crippen LogP contribution in [0, 0.1) is 0 Å². The Morgan fingerprint density at radius 3 is 2.53 bits per heavy atom. The Balaban J connectivity index is 2.02. The van der Waals surface area contributed by atoms with E-state index in [1.54, 1.807) is 6.92 Å². The number of carbonyl (C=O) groups excluding carboxylic acids is 1. The van der Waals surface area contributed by atoms with Crippen molar-refractivity contribution in [1.82, 2.24) is 0 Å². The molecule has 1 rings (SSSR count). The highest BCUT2D eigenvalue weighted by molar-refractivity contribution is 5.86. The maximum absolute atomic E-state index is 11.0. The maximum Gasteiger partial charge on any atom is 0.333 e. The summed E-state index contributed by atoms with van der Waals surface area (Å²) in [6.45, 7) is 6.45. The molecular weight excluding hydrogens is 216 g/mol. The van der Waals surface area contributed by atoms with E-state index in [1.807, 2.05) is 18.2 Å². The lowest BCUT2D eigenvalue weighted by molar-refractivity contribution is -0.140. The number of ether oxygens (including phenoxy) is 2. The molecule has 0 atom stereocenters. The number of benzene rings is 1. The summed E-state index contributed by atoms with van der Waals surface area (Å²) in [5, 5.41) is 0. The molecule has 0 unspecified atom stereocenters. The van der Waals surface area contributed by atoms with Gasteiger partial charge in [0.1, 0.15) is 6.61 Å². The van der Waals surface area contributed by atoms with Crippen molar-refractivity contribution in [2.75, 3.05) is 19.8 Å². The second-order valence-corrected chi connectivity index (χ2v) is 3.76. The topological polar surface area (TPSA) is 35.5 Å². The van der Waals surface area contributed by atoms with Gasteiger partial charge in [0.15, 0.2) is 0 Å². The fraction of sp³-hybridized carbons (Fsp3) is 0.357. The van der Waals surface area contributed by atoms with E-state index in [4.69, 9.17) is 9.47 Å². The van der Waals surface area contributed by atoms with Crippen LogP contribution in [0.4, 0.5) is 0 Å². The Kier molecular flexibility index (Phi) is 6.04. The van der Waals surface area contributed by atoms with Gasteiger partial charge in [0.2, 0.25) is 0 Å². The van der Waals surface area contributed by atoms with Gasteiger partial charge in [0.25, 0.3) is 0 Å². The van der Waals surface area contributed by atoms with Crippen molar-refractivity contribution in [3.8, 4) is 0 Å². The minimum absolute atomic E-state index is 0.278. The number of esters is 1. The van der Waals surface area contributed by atoms with Crippen LogP contribution < -0.4 is 0 Å². The van der Waals surface area contributed by atoms with Crippen LogP contribution in [0.5, 0.6) is 0 Å². The van der Waals surface area contributed by atoms with Crippen molar-refractivity contribution in [3.05, 3.63) is 48.0 Å². The van der Waals surface area contributed by atoms with Crippen molar-refractivity contribution >= 4 is 5.97 Å². The first kappa shape index (κ1) is 13.5. The lowest BCUT2D eigenvalue weighted by Gasteiger charge is -2.05. The fourth-order valence-electron chi connectivity index (χ4n) is 1.25. The first-order chi connectivity index (χ1) is 8.20. The largest absolute Gasteiger partial charge is 0.460 e. The van der Waals surface area contributed by atoms with Gasteiger partial charge in [-0.15, -0.1) is 0 Å². The highest BCUT2D eigenvalue weighted by Gasteiger charge is 2.01. The third-order valence-corrected chi connectivity index (χ3v) is 2.19. The minimum Gasteiger partial charge on any atom is -0.460 e. The molecule has 17 heavy (non-hydrogen) atoms. The smallest absolute Gasteiger partial charge is 0.333 e. The quantitative estimate of drug-likeness (QED) is 0.413. The predicted molar refractivity (Wildman–Crippen MR) is 66.7 cm³/mol. The van der Waals surface area contributed by atoms with Crippen LogP contribution in [0.1, 0.15) is 12.5 Å². The molecule has 0 radical (unpaired) electrons. The number of hydrogen-bond donors (Lipinski definition) is 0. The Morgan fingerprint density at radius 1 is 1.18 bits per heavy atom. The molecule has 0 bridgehead atoms. The molecule has 0 fully saturated rings. The molecule has 0 saturated heterocycles. The van der Waals surface area contributed by atoms with Crippen LogP contribution in [-0.4, -0.2) is 25.8 Å². The molecule has 0 aliphatic carbocycles. The molecule has 0 heterocycles. The number of hydrogen-bond acceptors (Lipinski definition) is 3. The predicted octanol–water partition coefficient (Wildman–Crippen LogP) is 2.37. The van der Waals surface area contributed by atoms with Crippen LogP contribution in [-0.2, 0) is 20.7 Å². The number of carbonyl (C=O) groups is 1. The van der Waals surface area contributed by atoms with Crippen molar-refractivity contribution < 1.29 is 14.3 Å². The standard InChI is InChI=1S/C14H18O3/c1-12(2)14(15)17-11-10-16-9-8-13-6-4-3-5-7-13/h3-7H,1,8-11H2,2H3. The normalized spacial score (nSPS) is 9.94. The first-order valence-corrected chi connectivity index (χ1v) is 5.64. The molecule has 0 aliphatic rings. The zero-order valence-corrected chi connectivity index (χ0v) is 10.1. The molecular formula is C14H18O3. The lowest BCUT2D eigenvalue weighted by Crippen LogP contribution is -2.11. The third kappa shape index (κ3) is 5.88. The molecule has 3 nitrogen and oxygen atoms in total. The summed E-state index contributed by atoms with van der Waals surface area (Å²) in [5.41, 5.74) is 1.65. The van der Waals surface area contributed by atoms with E-state index in [-0.39, 0.29) is 12.6 Å². The van der Waals surface area contributed by atoms with Gasteiger partial charge in [-0.2, -0.15) is 0 Å². The third-order valence-electron chi connectivity index (χ3n) is 2.19. The monoisotopic (exact) mass is 234 g/mol. The molecule has 0 N–H and O–H groups in total. The van der Waals surface area contributed by atoms with Crippen molar-refractivity contribution in [2.24, 2.45) is 0 Å². The van der Waals surface area contributed by atoms with Crippen LogP contribution >= 0.6 is 0 Å². The maximum atomic E-state index is 11.0. The zero-order valence-electron chi connectivity index (χ0n) is 10.1. The molecule has 0 spiro atoms. The summed E-state index contributed by atoms with van der Waals surface area (Å²) in [4.78, 5) is 11.0. The van der Waals surface area contributed by atoms with Crippen LogP contribution in [0.3, 0.4) is 0 Å². The van der Waals surface area contributed by atoms with Crippen LogP contribution in [0.25, 0.3) is 0 Å². The van der Waals surface area contributed by atoms with E-state index < -0.39 is 0 Å². The Hall–Kier alpha value is -1.61. The van der Waals surface area contributed by atoms with Gasteiger partial charge in [-0.25, -0.2) is 4.79 Å². The van der Waals surface area contributed by atoms with Crippen molar-refractivity contribution in [2.45, 2.75) is 13.3 Å². The second kappa shape index (κ2) is 7.63. The van der Waals surface area contributed by atoms with Gasteiger partial charge in [-0.3, -0.25) is 0 Å². The van der Waals surface area contributed by atoms with Crippen LogP contribution in [0.15, 0.2) is 42.5 Å². The average Bonchev–Trinajstić information content (AvgIpc) is 2.34. The Morgan fingerprint density at radius 2 is 1.88 bits per heavy atom. The van der Waals surface area contributed by atoms with Gasteiger partial charge in [-0.05, 0) is 18.9 Å². The molecule has 0 saturated carbocycles. The molecule has 3 heteroatoms. The van der Waals surface area contributed by atoms with Crippen LogP contribution in [0.2, 0.25) is 0 Å². The molecule has 1 aromatic rings. The van der Waals surface area contributed by atoms with E-state index in [0.29, 0.717) is 18.8 Å². The van der Waals surface area contributed by atoms with Gasteiger partial charge >= 0.3 is 5.97 Å². The summed E-state index contributed by atoms with van der Waals surface area (Å²) in [6, 6.07) is 10.1. The minimum atomic E-state index is -0.364. The summed E-state index contributed by atoms with van der Waals surface area (Å²) >= 11 is 0. The molecule has 0 aromatic heterocycles. The molecule has 0 amide bonds. The second-order valence-electron chi connectivity index (χ2n) is 3.76. The SMILES string of the molecule is C=C(C)C(=O)OCCOCCc1ccccc1. The first-order valence-electron chi connectivity index (χ1n) is 5.64. The van der Waals surface area contributed by atoms with Gasteiger partial charge in [0, 0.05) is 5.57 Å². The van der Waals surface area contributed by atoms with E-state index in [0.717, 1.165) is 6.42 Å². The van der Waals surface area contributed by atoms with Crippen molar-refractivity contribution in [3.63, 3.8) is 0 Å². The summed E-state index contributed by atoms with van der Waals surface area (Å²) in [5.74, 6) is -0.364. The summed E-state index contributed by atoms with van der Waals surface area (Å²) in [6.07, 6.45) is 0.870. The molecule has 0 aliphatic heterocycles. The zero-order chi connectivity index (χ0) is 12.5. The lowest BCUT2D eigenvalue weighted by atomic mass is 10.2. The van der Waals surface area contributed by atoms with Crippen molar-refractivity contribution in [1.29, 1.82) is 0 Å². The van der Waals surface area contributed by atoms with Gasteiger partial charge in [-0.1, -0.05) is 36.9 Å². The van der Waals surface area contributed by atoms with Gasteiger partial charge < -0.3 is 9.47 Å². The molecule has 1 aromatic carbocycles. The Labute approximate surface area is 102 Å². The highest BCUT2D eigenvalue weighted by Crippen LogP contribution is 1.99. The molecule has 92 valence electrons. The van der Waals surface area contributed by atoms with E-state index in [2.05, 4.69) is 18.7 Å². The summed E-state index contributed by atoms with van der Waals surface area (Å²) < 4.78 is 10.3. The van der Waals surface area contributed by atoms with E-state index in [9.17, 15) is 4.79 Å².